The van der Waals surface area contributed by atoms with Gasteiger partial charge in [-0.2, -0.15) is 0 Å². The molecule has 0 unspecified atom stereocenters. The van der Waals surface area contributed by atoms with Gasteiger partial charge < -0.3 is 14.6 Å². The van der Waals surface area contributed by atoms with E-state index in [1.54, 1.807) is 6.07 Å². The number of carbonyl (C=O) groups is 1. The Labute approximate surface area is 128 Å². The first kappa shape index (κ1) is 15.8. The van der Waals surface area contributed by atoms with Crippen LogP contribution >= 0.6 is 0 Å². The molecule has 0 aliphatic heterocycles. The molecule has 2 aromatic rings. The number of carboxylic acids is 1. The van der Waals surface area contributed by atoms with Crippen molar-refractivity contribution in [2.45, 2.75) is 19.4 Å². The first-order valence-corrected chi connectivity index (χ1v) is 6.85. The summed E-state index contributed by atoms with van der Waals surface area (Å²) in [4.78, 5) is 10.7. The molecule has 0 spiro atoms. The van der Waals surface area contributed by atoms with E-state index >= 15 is 0 Å². The summed E-state index contributed by atoms with van der Waals surface area (Å²) in [5.74, 6) is -1.15. The maximum atomic E-state index is 14.5. The maximum absolute atomic E-state index is 14.5. The molecule has 0 aromatic heterocycles. The van der Waals surface area contributed by atoms with Crippen molar-refractivity contribution in [3.63, 3.8) is 0 Å². The van der Waals surface area contributed by atoms with Gasteiger partial charge in [-0.1, -0.05) is 30.3 Å². The number of methoxy groups -OCH3 is 1. The van der Waals surface area contributed by atoms with E-state index in [-0.39, 0.29) is 30.8 Å². The Kier molecular flexibility index (Phi) is 5.36. The lowest BCUT2D eigenvalue weighted by molar-refractivity contribution is -0.136. The fraction of sp³-hybridized carbons (Fsp3) is 0.235. The summed E-state index contributed by atoms with van der Waals surface area (Å²) in [6, 6.07) is 12.5. The molecule has 0 amide bonds. The summed E-state index contributed by atoms with van der Waals surface area (Å²) >= 11 is 0. The van der Waals surface area contributed by atoms with Crippen LogP contribution < -0.4 is 9.47 Å². The van der Waals surface area contributed by atoms with Gasteiger partial charge in [-0.3, -0.25) is 4.79 Å². The predicted octanol–water partition coefficient (Wildman–Crippen LogP) is 3.43. The van der Waals surface area contributed by atoms with Crippen LogP contribution in [0.2, 0.25) is 0 Å². The summed E-state index contributed by atoms with van der Waals surface area (Å²) in [5.41, 5.74) is 1.14. The zero-order valence-electron chi connectivity index (χ0n) is 12.2. The van der Waals surface area contributed by atoms with Gasteiger partial charge in [0.15, 0.2) is 11.6 Å². The number of hydrogen-bond donors (Lipinski definition) is 1. The van der Waals surface area contributed by atoms with Gasteiger partial charge in [-0.15, -0.1) is 0 Å². The fourth-order valence-electron chi connectivity index (χ4n) is 2.08. The smallest absolute Gasteiger partial charge is 0.303 e. The van der Waals surface area contributed by atoms with E-state index in [1.165, 1.54) is 13.2 Å². The van der Waals surface area contributed by atoms with Gasteiger partial charge in [0.2, 0.25) is 0 Å². The minimum absolute atomic E-state index is 0.0485. The van der Waals surface area contributed by atoms with Crippen LogP contribution in [-0.2, 0) is 17.8 Å². The molecule has 0 saturated heterocycles. The highest BCUT2D eigenvalue weighted by Gasteiger charge is 2.16. The largest absolute Gasteiger partial charge is 0.496 e. The molecule has 2 aromatic carbocycles. The van der Waals surface area contributed by atoms with Crippen LogP contribution in [0.25, 0.3) is 0 Å². The fourth-order valence-corrected chi connectivity index (χ4v) is 2.08. The molecular formula is C17H17FO4. The third-order valence-electron chi connectivity index (χ3n) is 3.21. The molecule has 2 rings (SSSR count). The molecule has 0 bridgehead atoms. The number of benzene rings is 2. The van der Waals surface area contributed by atoms with Crippen LogP contribution in [0.1, 0.15) is 17.5 Å². The molecule has 116 valence electrons. The zero-order valence-corrected chi connectivity index (χ0v) is 12.2. The first-order valence-electron chi connectivity index (χ1n) is 6.85. The van der Waals surface area contributed by atoms with Crippen molar-refractivity contribution in [1.29, 1.82) is 0 Å². The van der Waals surface area contributed by atoms with Gasteiger partial charge in [0.05, 0.1) is 7.11 Å². The molecule has 0 saturated carbocycles. The van der Waals surface area contributed by atoms with Crippen LogP contribution in [0.5, 0.6) is 11.5 Å². The van der Waals surface area contributed by atoms with E-state index in [9.17, 15) is 9.18 Å². The normalized spacial score (nSPS) is 10.3. The van der Waals surface area contributed by atoms with Crippen LogP contribution in [0.4, 0.5) is 4.39 Å². The minimum Gasteiger partial charge on any atom is -0.496 e. The van der Waals surface area contributed by atoms with Gasteiger partial charge in [-0.25, -0.2) is 4.39 Å². The van der Waals surface area contributed by atoms with Gasteiger partial charge in [0.25, 0.3) is 0 Å². The lowest BCUT2D eigenvalue weighted by atomic mass is 10.1. The lowest BCUT2D eigenvalue weighted by Gasteiger charge is -2.13. The van der Waals surface area contributed by atoms with Crippen molar-refractivity contribution in [2.24, 2.45) is 0 Å². The summed E-state index contributed by atoms with van der Waals surface area (Å²) in [7, 11) is 1.42. The Balaban J connectivity index is 2.17. The highest BCUT2D eigenvalue weighted by molar-refractivity contribution is 5.67. The van der Waals surface area contributed by atoms with Crippen molar-refractivity contribution in [3.8, 4) is 11.5 Å². The van der Waals surface area contributed by atoms with Crippen molar-refractivity contribution in [1.82, 2.24) is 0 Å². The van der Waals surface area contributed by atoms with Gasteiger partial charge in [0.1, 0.15) is 12.4 Å². The second-order valence-electron chi connectivity index (χ2n) is 4.73. The third-order valence-corrected chi connectivity index (χ3v) is 3.21. The minimum atomic E-state index is -0.989. The SMILES string of the molecule is COc1ccc(OCc2ccccc2)c(F)c1CCC(=O)O. The molecule has 0 fully saturated rings. The molecule has 0 aliphatic rings. The highest BCUT2D eigenvalue weighted by Crippen LogP contribution is 2.30. The zero-order chi connectivity index (χ0) is 15.9. The number of rotatable bonds is 7. The number of halogens is 1. The van der Waals surface area contributed by atoms with Crippen molar-refractivity contribution < 1.29 is 23.8 Å². The van der Waals surface area contributed by atoms with Crippen molar-refractivity contribution in [2.75, 3.05) is 7.11 Å². The Morgan fingerprint density at radius 2 is 1.82 bits per heavy atom. The molecule has 22 heavy (non-hydrogen) atoms. The summed E-state index contributed by atoms with van der Waals surface area (Å²) in [6.07, 6.45) is -0.123. The molecule has 0 heterocycles. The van der Waals surface area contributed by atoms with Gasteiger partial charge in [-0.05, 0) is 24.1 Å². The van der Waals surface area contributed by atoms with E-state index in [0.717, 1.165) is 5.56 Å². The van der Waals surface area contributed by atoms with Crippen LogP contribution in [-0.4, -0.2) is 18.2 Å². The second-order valence-corrected chi connectivity index (χ2v) is 4.73. The number of aliphatic carboxylic acids is 1. The summed E-state index contributed by atoms with van der Waals surface area (Å²) < 4.78 is 25.1. The topological polar surface area (TPSA) is 55.8 Å². The number of ether oxygens (including phenoxy) is 2. The quantitative estimate of drug-likeness (QED) is 0.851. The average Bonchev–Trinajstić information content (AvgIpc) is 2.53. The Morgan fingerprint density at radius 1 is 1.14 bits per heavy atom. The molecule has 0 aliphatic carbocycles. The van der Waals surface area contributed by atoms with Crippen molar-refractivity contribution in [3.05, 3.63) is 59.4 Å². The summed E-state index contributed by atoms with van der Waals surface area (Å²) in [6.45, 7) is 0.239. The Morgan fingerprint density at radius 3 is 2.45 bits per heavy atom. The predicted molar refractivity (Wildman–Crippen MR) is 79.7 cm³/mol. The second kappa shape index (κ2) is 7.45. The third kappa shape index (κ3) is 3.97. The first-order chi connectivity index (χ1) is 10.6. The molecule has 0 atom stereocenters. The highest BCUT2D eigenvalue weighted by atomic mass is 19.1. The molecule has 5 heteroatoms. The van der Waals surface area contributed by atoms with Gasteiger partial charge >= 0.3 is 5.97 Å². The standard InChI is InChI=1S/C17H17FO4/c1-21-14-8-9-15(17(18)13(14)7-10-16(19)20)22-11-12-5-3-2-4-6-12/h2-6,8-9H,7,10-11H2,1H3,(H,19,20). The number of hydrogen-bond acceptors (Lipinski definition) is 3. The maximum Gasteiger partial charge on any atom is 0.303 e. The van der Waals surface area contributed by atoms with E-state index in [4.69, 9.17) is 14.6 Å². The van der Waals surface area contributed by atoms with Gasteiger partial charge in [0, 0.05) is 12.0 Å². The number of carboxylic acid groups (broad SMARTS) is 1. The van der Waals surface area contributed by atoms with Crippen LogP contribution in [0.3, 0.4) is 0 Å². The van der Waals surface area contributed by atoms with E-state index < -0.39 is 11.8 Å². The molecule has 1 N–H and O–H groups in total. The average molecular weight is 304 g/mol. The lowest BCUT2D eigenvalue weighted by Crippen LogP contribution is -2.05. The van der Waals surface area contributed by atoms with E-state index in [0.29, 0.717) is 5.75 Å². The van der Waals surface area contributed by atoms with E-state index in [2.05, 4.69) is 0 Å². The molecular weight excluding hydrogens is 287 g/mol. The summed E-state index contributed by atoms with van der Waals surface area (Å²) in [5, 5.41) is 8.76. The Hall–Kier alpha value is -2.56. The van der Waals surface area contributed by atoms with E-state index in [1.807, 2.05) is 30.3 Å². The Bertz CT molecular complexity index is 641. The monoisotopic (exact) mass is 304 g/mol. The van der Waals surface area contributed by atoms with Crippen LogP contribution in [0, 0.1) is 5.82 Å². The molecule has 4 nitrogen and oxygen atoms in total. The molecule has 0 radical (unpaired) electrons. The van der Waals surface area contributed by atoms with Crippen LogP contribution in [0.15, 0.2) is 42.5 Å². The van der Waals surface area contributed by atoms with Crippen molar-refractivity contribution >= 4 is 5.97 Å².